The summed E-state index contributed by atoms with van der Waals surface area (Å²) < 4.78 is 11.2. The third-order valence-electron chi connectivity index (χ3n) is 5.91. The van der Waals surface area contributed by atoms with Gasteiger partial charge in [-0.2, -0.15) is 0 Å². The predicted molar refractivity (Wildman–Crippen MR) is 129 cm³/mol. The third kappa shape index (κ3) is 5.31. The van der Waals surface area contributed by atoms with Gasteiger partial charge in [-0.3, -0.25) is 4.90 Å². The summed E-state index contributed by atoms with van der Waals surface area (Å²) in [4.78, 5) is 34.6. The Hall–Kier alpha value is -3.59. The van der Waals surface area contributed by atoms with Crippen molar-refractivity contribution in [3.05, 3.63) is 65.5 Å². The van der Waals surface area contributed by atoms with Crippen molar-refractivity contribution in [1.82, 2.24) is 20.5 Å². The first-order valence-corrected chi connectivity index (χ1v) is 11.7. The van der Waals surface area contributed by atoms with Crippen LogP contribution < -0.4 is 20.3 Å². The van der Waals surface area contributed by atoms with Crippen molar-refractivity contribution in [2.75, 3.05) is 50.8 Å². The lowest BCUT2D eigenvalue weighted by molar-refractivity contribution is -0.139. The molecule has 0 unspecified atom stereocenters. The zero-order valence-electron chi connectivity index (χ0n) is 19.6. The van der Waals surface area contributed by atoms with Gasteiger partial charge in [-0.25, -0.2) is 14.6 Å². The quantitative estimate of drug-likeness (QED) is 0.578. The van der Waals surface area contributed by atoms with E-state index in [4.69, 9.17) is 9.47 Å². The number of hydrogen-bond donors (Lipinski definition) is 2. The van der Waals surface area contributed by atoms with Gasteiger partial charge in [0, 0.05) is 50.2 Å². The molecule has 9 nitrogen and oxygen atoms in total. The number of urea groups is 1. The second kappa shape index (κ2) is 11.0. The highest BCUT2D eigenvalue weighted by molar-refractivity contribution is 5.95. The van der Waals surface area contributed by atoms with Gasteiger partial charge in [0.25, 0.3) is 0 Å². The summed E-state index contributed by atoms with van der Waals surface area (Å²) in [6.45, 7) is 7.99. The van der Waals surface area contributed by atoms with Crippen molar-refractivity contribution in [2.45, 2.75) is 19.9 Å². The number of pyridine rings is 1. The van der Waals surface area contributed by atoms with Crippen molar-refractivity contribution >= 4 is 17.8 Å². The summed E-state index contributed by atoms with van der Waals surface area (Å²) in [5, 5.41) is 5.76. The number of carbonyl (C=O) groups excluding carboxylic acids is 2. The van der Waals surface area contributed by atoms with E-state index < -0.39 is 12.0 Å². The molecule has 3 heterocycles. The number of carbonyl (C=O) groups is 2. The predicted octanol–water partition coefficient (Wildman–Crippen LogP) is 2.47. The maximum absolute atomic E-state index is 13.1. The zero-order chi connectivity index (χ0) is 23.9. The molecule has 180 valence electrons. The third-order valence-corrected chi connectivity index (χ3v) is 5.91. The van der Waals surface area contributed by atoms with Gasteiger partial charge in [-0.15, -0.1) is 0 Å². The van der Waals surface area contributed by atoms with E-state index >= 15 is 0 Å². The van der Waals surface area contributed by atoms with Crippen LogP contribution >= 0.6 is 0 Å². The van der Waals surface area contributed by atoms with Crippen molar-refractivity contribution < 1.29 is 19.1 Å². The van der Waals surface area contributed by atoms with Crippen molar-refractivity contribution in [3.63, 3.8) is 0 Å². The SMILES string of the molecule is CCOC(=O)C1=C(CN2CCN(c3ccccn3)CC2)NC(=O)N[C@@H]1c1ccccc1OCC. The Morgan fingerprint density at radius 1 is 1.06 bits per heavy atom. The Labute approximate surface area is 199 Å². The lowest BCUT2D eigenvalue weighted by Crippen LogP contribution is -2.52. The molecule has 1 atom stereocenters. The van der Waals surface area contributed by atoms with Gasteiger partial charge in [-0.05, 0) is 32.0 Å². The number of hydrogen-bond acceptors (Lipinski definition) is 7. The Kier molecular flexibility index (Phi) is 7.64. The lowest BCUT2D eigenvalue weighted by atomic mass is 9.94. The highest BCUT2D eigenvalue weighted by Gasteiger charge is 2.36. The Balaban J connectivity index is 1.60. The monoisotopic (exact) mass is 465 g/mol. The molecule has 0 aliphatic carbocycles. The number of para-hydroxylation sites is 1. The second-order valence-electron chi connectivity index (χ2n) is 8.07. The molecule has 9 heteroatoms. The summed E-state index contributed by atoms with van der Waals surface area (Å²) in [6, 6.07) is 12.3. The first-order valence-electron chi connectivity index (χ1n) is 11.7. The van der Waals surface area contributed by atoms with Gasteiger partial charge in [0.15, 0.2) is 0 Å². The fourth-order valence-electron chi connectivity index (χ4n) is 4.33. The molecule has 2 aliphatic heterocycles. The largest absolute Gasteiger partial charge is 0.494 e. The van der Waals surface area contributed by atoms with Crippen molar-refractivity contribution in [2.24, 2.45) is 0 Å². The number of amides is 2. The van der Waals surface area contributed by atoms with Crippen LogP contribution in [0.15, 0.2) is 59.9 Å². The molecule has 2 aromatic rings. The molecule has 0 saturated carbocycles. The minimum Gasteiger partial charge on any atom is -0.494 e. The summed E-state index contributed by atoms with van der Waals surface area (Å²) >= 11 is 0. The molecule has 2 N–H and O–H groups in total. The first kappa shape index (κ1) is 23.6. The molecule has 1 fully saturated rings. The van der Waals surface area contributed by atoms with Crippen molar-refractivity contribution in [3.8, 4) is 5.75 Å². The van der Waals surface area contributed by atoms with E-state index in [0.29, 0.717) is 30.2 Å². The number of anilines is 1. The van der Waals surface area contributed by atoms with Gasteiger partial charge < -0.3 is 25.0 Å². The topological polar surface area (TPSA) is 96.0 Å². The number of nitrogens with zero attached hydrogens (tertiary/aromatic N) is 3. The fourth-order valence-corrected chi connectivity index (χ4v) is 4.33. The normalized spacial score (nSPS) is 18.8. The Morgan fingerprint density at radius 3 is 2.53 bits per heavy atom. The van der Waals surface area contributed by atoms with E-state index in [2.05, 4.69) is 25.4 Å². The molecular weight excluding hydrogens is 434 g/mol. The van der Waals surface area contributed by atoms with Crippen LogP contribution in [0.4, 0.5) is 10.6 Å². The minimum atomic E-state index is -0.666. The van der Waals surface area contributed by atoms with Gasteiger partial charge >= 0.3 is 12.0 Å². The molecule has 1 aromatic carbocycles. The average Bonchev–Trinajstić information content (AvgIpc) is 2.85. The van der Waals surface area contributed by atoms with E-state index in [-0.39, 0.29) is 12.6 Å². The number of aromatic nitrogens is 1. The van der Waals surface area contributed by atoms with Crippen LogP contribution in [-0.2, 0) is 9.53 Å². The Morgan fingerprint density at radius 2 is 1.82 bits per heavy atom. The maximum Gasteiger partial charge on any atom is 0.338 e. The van der Waals surface area contributed by atoms with Crippen LogP contribution in [0.5, 0.6) is 5.75 Å². The van der Waals surface area contributed by atoms with Crippen LogP contribution in [0.3, 0.4) is 0 Å². The van der Waals surface area contributed by atoms with Crippen LogP contribution in [0, 0.1) is 0 Å². The number of esters is 1. The molecule has 2 amide bonds. The van der Waals surface area contributed by atoms with E-state index in [1.54, 1.807) is 13.1 Å². The molecule has 34 heavy (non-hydrogen) atoms. The molecule has 0 bridgehead atoms. The number of nitrogens with one attached hydrogen (secondary N) is 2. The van der Waals surface area contributed by atoms with Crippen molar-refractivity contribution in [1.29, 1.82) is 0 Å². The van der Waals surface area contributed by atoms with Crippen LogP contribution in [0.25, 0.3) is 0 Å². The Bertz CT molecular complexity index is 1030. The highest BCUT2D eigenvalue weighted by Crippen LogP contribution is 2.34. The summed E-state index contributed by atoms with van der Waals surface area (Å²) in [7, 11) is 0. The summed E-state index contributed by atoms with van der Waals surface area (Å²) in [5.41, 5.74) is 1.69. The minimum absolute atomic E-state index is 0.242. The fraction of sp³-hybridized carbons (Fsp3) is 0.400. The molecule has 4 rings (SSSR count). The van der Waals surface area contributed by atoms with Gasteiger partial charge in [0.05, 0.1) is 24.8 Å². The number of rotatable bonds is 8. The molecule has 1 aromatic heterocycles. The highest BCUT2D eigenvalue weighted by atomic mass is 16.5. The lowest BCUT2D eigenvalue weighted by Gasteiger charge is -2.37. The van der Waals surface area contributed by atoms with E-state index in [1.165, 1.54) is 0 Å². The average molecular weight is 466 g/mol. The summed E-state index contributed by atoms with van der Waals surface area (Å²) in [6.07, 6.45) is 1.79. The number of ether oxygens (including phenoxy) is 2. The van der Waals surface area contributed by atoms with Crippen LogP contribution in [-0.4, -0.2) is 67.8 Å². The first-order chi connectivity index (χ1) is 16.6. The molecule has 2 aliphatic rings. The molecular formula is C25H31N5O4. The van der Waals surface area contributed by atoms with E-state index in [0.717, 1.165) is 37.6 Å². The van der Waals surface area contributed by atoms with Gasteiger partial charge in [0.2, 0.25) is 0 Å². The number of benzene rings is 1. The van der Waals surface area contributed by atoms with Gasteiger partial charge in [0.1, 0.15) is 11.6 Å². The second-order valence-corrected chi connectivity index (χ2v) is 8.07. The van der Waals surface area contributed by atoms with E-state index in [1.807, 2.05) is 49.4 Å². The molecule has 0 spiro atoms. The van der Waals surface area contributed by atoms with E-state index in [9.17, 15) is 9.59 Å². The smallest absolute Gasteiger partial charge is 0.338 e. The molecule has 1 saturated heterocycles. The maximum atomic E-state index is 13.1. The summed E-state index contributed by atoms with van der Waals surface area (Å²) in [5.74, 6) is 1.13. The zero-order valence-corrected chi connectivity index (χ0v) is 19.6. The van der Waals surface area contributed by atoms with Crippen LogP contribution in [0.1, 0.15) is 25.5 Å². The number of piperazine rings is 1. The van der Waals surface area contributed by atoms with Gasteiger partial charge in [-0.1, -0.05) is 24.3 Å². The van der Waals surface area contributed by atoms with Crippen LogP contribution in [0.2, 0.25) is 0 Å². The standard InChI is InChI=1S/C25H31N5O4/c1-3-33-20-10-6-5-9-18(20)23-22(24(31)34-4-2)19(27-25(32)28-23)17-29-13-15-30(16-14-29)21-11-7-8-12-26-21/h5-12,23H,3-4,13-17H2,1-2H3,(H2,27,28,32)/t23-/m1/s1. The molecule has 0 radical (unpaired) electrons.